The van der Waals surface area contributed by atoms with E-state index in [9.17, 15) is 14.9 Å². The zero-order valence-corrected chi connectivity index (χ0v) is 14.3. The number of rotatable bonds is 5. The molecular weight excluding hydrogens is 344 g/mol. The van der Waals surface area contributed by atoms with Crippen molar-refractivity contribution >= 4 is 28.3 Å². The van der Waals surface area contributed by atoms with E-state index in [1.165, 1.54) is 11.6 Å². The lowest BCUT2D eigenvalue weighted by molar-refractivity contribution is -0.386. The first-order chi connectivity index (χ1) is 12.0. The molecule has 0 atom stereocenters. The summed E-state index contributed by atoms with van der Waals surface area (Å²) in [6, 6.07) is 9.41. The Labute approximate surface area is 146 Å². The highest BCUT2D eigenvalue weighted by molar-refractivity contribution is 7.10. The molecule has 2 aromatic heterocycles. The summed E-state index contributed by atoms with van der Waals surface area (Å²) in [7, 11) is 0. The third-order valence-electron chi connectivity index (χ3n) is 3.52. The summed E-state index contributed by atoms with van der Waals surface area (Å²) in [5.74, 6) is 0.152. The first-order valence-corrected chi connectivity index (χ1v) is 8.10. The largest absolute Gasteiger partial charge is 0.312 e. The highest BCUT2D eigenvalue weighted by atomic mass is 32.1. The summed E-state index contributed by atoms with van der Waals surface area (Å²) < 4.78 is 5.52. The highest BCUT2D eigenvalue weighted by Gasteiger charge is 2.23. The highest BCUT2D eigenvalue weighted by Crippen LogP contribution is 2.23. The van der Waals surface area contributed by atoms with Crippen molar-refractivity contribution in [3.8, 4) is 11.4 Å². The van der Waals surface area contributed by atoms with Gasteiger partial charge in [0.1, 0.15) is 17.9 Å². The molecule has 1 aromatic carbocycles. The first-order valence-electron chi connectivity index (χ1n) is 7.33. The second-order valence-corrected chi connectivity index (χ2v) is 6.02. The summed E-state index contributed by atoms with van der Waals surface area (Å²) in [6.45, 7) is 2.96. The Morgan fingerprint density at radius 3 is 2.68 bits per heavy atom. The minimum atomic E-state index is -0.497. The number of nitro groups is 1. The molecule has 1 amide bonds. The Hall–Kier alpha value is -3.14. The number of nitrogens with one attached hydrogen (secondary N) is 1. The van der Waals surface area contributed by atoms with Crippen LogP contribution in [0.4, 0.5) is 10.8 Å². The Morgan fingerprint density at radius 2 is 2.04 bits per heavy atom. The number of anilines is 1. The lowest BCUT2D eigenvalue weighted by Gasteiger charge is -2.03. The summed E-state index contributed by atoms with van der Waals surface area (Å²) in [5, 5.41) is 18.1. The molecular formula is C15H14N6O3S. The lowest BCUT2D eigenvalue weighted by atomic mass is 10.2. The van der Waals surface area contributed by atoms with Crippen molar-refractivity contribution < 1.29 is 9.72 Å². The first kappa shape index (κ1) is 16.7. The minimum absolute atomic E-state index is 0.0740. The summed E-state index contributed by atoms with van der Waals surface area (Å²) in [6.07, 6.45) is 0. The maximum atomic E-state index is 12.2. The average molecular weight is 358 g/mol. The van der Waals surface area contributed by atoms with Crippen molar-refractivity contribution in [1.82, 2.24) is 19.1 Å². The molecule has 3 aromatic rings. The molecule has 1 N–H and O–H groups in total. The van der Waals surface area contributed by atoms with Crippen molar-refractivity contribution in [3.63, 3.8) is 0 Å². The molecule has 0 unspecified atom stereocenters. The number of carbonyl (C=O) groups is 1. The molecule has 0 fully saturated rings. The van der Waals surface area contributed by atoms with E-state index in [-0.39, 0.29) is 23.8 Å². The van der Waals surface area contributed by atoms with Gasteiger partial charge in [-0.2, -0.15) is 14.5 Å². The van der Waals surface area contributed by atoms with E-state index in [4.69, 9.17) is 0 Å². The molecule has 0 aliphatic rings. The number of aryl methyl sites for hydroxylation is 1. The van der Waals surface area contributed by atoms with Crippen LogP contribution in [0.2, 0.25) is 0 Å². The van der Waals surface area contributed by atoms with E-state index in [1.54, 1.807) is 6.92 Å². The Balaban J connectivity index is 1.71. The molecule has 0 radical (unpaired) electrons. The number of hydrogen-bond acceptors (Lipinski definition) is 7. The number of hydrogen-bond donors (Lipinski definition) is 1. The molecule has 3 rings (SSSR count). The van der Waals surface area contributed by atoms with Gasteiger partial charge >= 0.3 is 5.69 Å². The van der Waals surface area contributed by atoms with Crippen LogP contribution in [0, 0.1) is 24.0 Å². The molecule has 9 nitrogen and oxygen atoms in total. The number of carbonyl (C=O) groups excluding carboxylic acids is 1. The monoisotopic (exact) mass is 358 g/mol. The second kappa shape index (κ2) is 6.77. The third-order valence-corrected chi connectivity index (χ3v) is 4.15. The van der Waals surface area contributed by atoms with E-state index < -0.39 is 4.92 Å². The van der Waals surface area contributed by atoms with Crippen LogP contribution in [0.5, 0.6) is 0 Å². The van der Waals surface area contributed by atoms with Gasteiger partial charge < -0.3 is 0 Å². The topological polar surface area (TPSA) is 116 Å². The van der Waals surface area contributed by atoms with Crippen LogP contribution in [0.15, 0.2) is 30.3 Å². The van der Waals surface area contributed by atoms with Gasteiger partial charge in [-0.15, -0.1) is 0 Å². The van der Waals surface area contributed by atoms with Crippen molar-refractivity contribution in [2.24, 2.45) is 0 Å². The molecule has 0 saturated heterocycles. The number of benzene rings is 1. The molecule has 25 heavy (non-hydrogen) atoms. The predicted octanol–water partition coefficient (Wildman–Crippen LogP) is 2.57. The summed E-state index contributed by atoms with van der Waals surface area (Å²) in [5.41, 5.74) is 1.39. The Morgan fingerprint density at radius 1 is 1.32 bits per heavy atom. The fourth-order valence-electron chi connectivity index (χ4n) is 2.38. The van der Waals surface area contributed by atoms with Crippen LogP contribution < -0.4 is 5.32 Å². The van der Waals surface area contributed by atoms with Gasteiger partial charge in [0, 0.05) is 17.1 Å². The fourth-order valence-corrected chi connectivity index (χ4v) is 2.99. The van der Waals surface area contributed by atoms with E-state index in [2.05, 4.69) is 19.8 Å². The molecule has 0 saturated carbocycles. The zero-order chi connectivity index (χ0) is 18.0. The van der Waals surface area contributed by atoms with Crippen LogP contribution in [-0.2, 0) is 11.3 Å². The normalized spacial score (nSPS) is 10.6. The van der Waals surface area contributed by atoms with Crippen LogP contribution in [0.25, 0.3) is 11.4 Å². The van der Waals surface area contributed by atoms with E-state index >= 15 is 0 Å². The van der Waals surface area contributed by atoms with Crippen molar-refractivity contribution in [1.29, 1.82) is 0 Å². The molecule has 0 bridgehead atoms. The summed E-state index contributed by atoms with van der Waals surface area (Å²) in [4.78, 5) is 26.9. The number of nitrogens with zero attached hydrogens (tertiary/aromatic N) is 5. The van der Waals surface area contributed by atoms with E-state index in [0.717, 1.165) is 17.1 Å². The SMILES string of the molecule is Cc1nn(CC(=O)Nc2nc(-c3ccccc3)ns2)c(C)c1[N+](=O)[O-]. The van der Waals surface area contributed by atoms with Crippen molar-refractivity contribution in [2.75, 3.05) is 5.32 Å². The molecule has 2 heterocycles. The predicted molar refractivity (Wildman–Crippen MR) is 92.3 cm³/mol. The Kier molecular flexibility index (Phi) is 4.52. The fraction of sp³-hybridized carbons (Fsp3) is 0.200. The van der Waals surface area contributed by atoms with Gasteiger partial charge in [0.15, 0.2) is 5.82 Å². The van der Waals surface area contributed by atoms with E-state index in [0.29, 0.717) is 16.6 Å². The average Bonchev–Trinajstić information content (AvgIpc) is 3.13. The quantitative estimate of drug-likeness (QED) is 0.553. The van der Waals surface area contributed by atoms with Gasteiger partial charge in [-0.25, -0.2) is 0 Å². The molecule has 0 aliphatic carbocycles. The smallest absolute Gasteiger partial charge is 0.299 e. The van der Waals surface area contributed by atoms with E-state index in [1.807, 2.05) is 30.3 Å². The van der Waals surface area contributed by atoms with Crippen LogP contribution in [-0.4, -0.2) is 30.0 Å². The maximum Gasteiger partial charge on any atom is 0.312 e. The maximum absolute atomic E-state index is 12.2. The van der Waals surface area contributed by atoms with Gasteiger partial charge in [0.25, 0.3) is 0 Å². The Bertz CT molecular complexity index is 934. The van der Waals surface area contributed by atoms with Gasteiger partial charge in [0.05, 0.1) is 4.92 Å². The van der Waals surface area contributed by atoms with Gasteiger partial charge in [0.2, 0.25) is 11.0 Å². The second-order valence-electron chi connectivity index (χ2n) is 5.27. The van der Waals surface area contributed by atoms with Gasteiger partial charge in [-0.1, -0.05) is 30.3 Å². The molecule has 0 spiro atoms. The van der Waals surface area contributed by atoms with Crippen LogP contribution in [0.3, 0.4) is 0 Å². The van der Waals surface area contributed by atoms with Crippen LogP contribution in [0.1, 0.15) is 11.4 Å². The van der Waals surface area contributed by atoms with Crippen LogP contribution >= 0.6 is 11.5 Å². The molecule has 0 aliphatic heterocycles. The lowest BCUT2D eigenvalue weighted by Crippen LogP contribution is -2.20. The number of amides is 1. The zero-order valence-electron chi connectivity index (χ0n) is 13.5. The van der Waals surface area contributed by atoms with Crippen molar-refractivity contribution in [3.05, 3.63) is 51.8 Å². The van der Waals surface area contributed by atoms with Crippen molar-refractivity contribution in [2.45, 2.75) is 20.4 Å². The summed E-state index contributed by atoms with van der Waals surface area (Å²) >= 11 is 1.07. The molecule has 128 valence electrons. The molecule has 10 heteroatoms. The van der Waals surface area contributed by atoms with Gasteiger partial charge in [-0.05, 0) is 13.8 Å². The third kappa shape index (κ3) is 3.53. The minimum Gasteiger partial charge on any atom is -0.299 e. The number of aromatic nitrogens is 4. The van der Waals surface area contributed by atoms with Gasteiger partial charge in [-0.3, -0.25) is 24.9 Å². The standard InChI is InChI=1S/C15H14N6O3S/c1-9-13(21(23)24)10(2)20(18-9)8-12(22)16-15-17-14(19-25-15)11-6-4-3-5-7-11/h3-7H,8H2,1-2H3,(H,16,17,19,22).